The number of hydrogen-bond acceptors (Lipinski definition) is 10. The molecule has 2 aromatic rings. The zero-order valence-corrected chi connectivity index (χ0v) is 25.0. The van der Waals surface area contributed by atoms with Crippen molar-refractivity contribution in [2.75, 3.05) is 32.5 Å². The Morgan fingerprint density at radius 3 is 2.39 bits per heavy atom. The van der Waals surface area contributed by atoms with E-state index >= 15 is 0 Å². The summed E-state index contributed by atoms with van der Waals surface area (Å²) in [4.78, 5) is 57.7. The molecule has 3 aliphatic carbocycles. The molecule has 44 heavy (non-hydrogen) atoms. The molecule has 6 rings (SSSR count). The molecule has 7 atom stereocenters. The number of likely N-dealkylation sites (N-methyl/N-ethyl adjacent to an activating group) is 1. The van der Waals surface area contributed by atoms with Gasteiger partial charge in [0.2, 0.25) is 5.91 Å². The molecule has 0 radical (unpaired) electrons. The molecular weight excluding hydrogens is 564 g/mol. The molecule has 11 heteroatoms. The van der Waals surface area contributed by atoms with Crippen LogP contribution in [-0.4, -0.2) is 99.3 Å². The van der Waals surface area contributed by atoms with Gasteiger partial charge in [-0.05, 0) is 69.0 Å². The van der Waals surface area contributed by atoms with Gasteiger partial charge in [0.15, 0.2) is 23.0 Å². The van der Waals surface area contributed by atoms with E-state index < -0.39 is 64.7 Å². The molecule has 0 spiro atoms. The van der Waals surface area contributed by atoms with E-state index in [4.69, 9.17) is 5.73 Å². The third-order valence-electron chi connectivity index (χ3n) is 10.4. The minimum atomic E-state index is -2.67. The third-order valence-corrected chi connectivity index (χ3v) is 10.4. The molecule has 0 bridgehead atoms. The van der Waals surface area contributed by atoms with Crippen LogP contribution in [-0.2, 0) is 27.3 Å². The molecule has 1 heterocycles. The molecule has 3 fully saturated rings. The van der Waals surface area contributed by atoms with Crippen molar-refractivity contribution in [1.29, 1.82) is 0 Å². The van der Waals surface area contributed by atoms with Crippen molar-refractivity contribution in [2.24, 2.45) is 29.4 Å². The fourth-order valence-corrected chi connectivity index (χ4v) is 8.25. The molecule has 0 aromatic heterocycles. The minimum Gasteiger partial charge on any atom is -0.507 e. The average Bonchev–Trinajstić information content (AvgIpc) is 2.97. The first-order valence-corrected chi connectivity index (χ1v) is 15.3. The number of Topliss-reactive ketones (excluding diaryl/α,β-unsaturated/α-hetero) is 3. The second-order valence-corrected chi connectivity index (χ2v) is 13.1. The van der Waals surface area contributed by atoms with E-state index in [1.54, 1.807) is 25.1 Å². The summed E-state index contributed by atoms with van der Waals surface area (Å²) in [6.07, 6.45) is 0.605. The zero-order valence-electron chi connectivity index (χ0n) is 25.0. The molecule has 1 saturated heterocycles. The van der Waals surface area contributed by atoms with E-state index in [1.165, 1.54) is 11.6 Å². The molecule has 1 amide bonds. The number of nitrogens with one attached hydrogen (secondary N) is 1. The number of phenolic OH excluding ortho intramolecular Hbond substituents is 1. The van der Waals surface area contributed by atoms with Crippen molar-refractivity contribution in [3.63, 3.8) is 0 Å². The Morgan fingerprint density at radius 2 is 1.75 bits per heavy atom. The molecule has 1 aliphatic heterocycles. The highest BCUT2D eigenvalue weighted by Gasteiger charge is 2.69. The lowest BCUT2D eigenvalue weighted by Crippen LogP contribution is -2.75. The topological polar surface area (TPSA) is 174 Å². The predicted molar refractivity (Wildman–Crippen MR) is 161 cm³/mol. The first kappa shape index (κ1) is 30.4. The summed E-state index contributed by atoms with van der Waals surface area (Å²) in [6, 6.07) is 12.7. The van der Waals surface area contributed by atoms with Gasteiger partial charge in [-0.25, -0.2) is 0 Å². The number of phenols is 1. The number of hydrogen-bond donors (Lipinski definition) is 5. The van der Waals surface area contributed by atoms with E-state index in [0.29, 0.717) is 5.56 Å². The third kappa shape index (κ3) is 4.82. The number of ketones is 3. The summed E-state index contributed by atoms with van der Waals surface area (Å²) in [5.74, 6) is -9.01. The number of anilines is 1. The van der Waals surface area contributed by atoms with Gasteiger partial charge in [-0.1, -0.05) is 30.3 Å². The summed E-state index contributed by atoms with van der Waals surface area (Å²) in [6.45, 7) is 2.69. The highest BCUT2D eigenvalue weighted by Crippen LogP contribution is 2.52. The van der Waals surface area contributed by atoms with Gasteiger partial charge in [0, 0.05) is 43.3 Å². The second-order valence-electron chi connectivity index (χ2n) is 13.1. The lowest BCUT2D eigenvalue weighted by Gasteiger charge is -2.54. The fraction of sp³-hybridized carbons (Fsp3) is 0.515. The van der Waals surface area contributed by atoms with Crippen LogP contribution in [0, 0.1) is 23.7 Å². The largest absolute Gasteiger partial charge is 0.507 e. The van der Waals surface area contributed by atoms with Gasteiger partial charge in [0.25, 0.3) is 0 Å². The Bertz CT molecular complexity index is 1490. The van der Waals surface area contributed by atoms with Crippen LogP contribution in [0.1, 0.15) is 40.7 Å². The van der Waals surface area contributed by atoms with E-state index in [0.717, 1.165) is 38.2 Å². The van der Waals surface area contributed by atoms with Crippen LogP contribution in [0.4, 0.5) is 5.69 Å². The number of amides is 1. The lowest BCUT2D eigenvalue weighted by molar-refractivity contribution is -0.190. The molecule has 2 aromatic carbocycles. The first-order chi connectivity index (χ1) is 20.9. The molecular formula is C33H40N4O7. The fourth-order valence-electron chi connectivity index (χ4n) is 8.25. The Labute approximate surface area is 256 Å². The first-order valence-electron chi connectivity index (χ1n) is 15.3. The van der Waals surface area contributed by atoms with Crippen LogP contribution >= 0.6 is 0 Å². The van der Waals surface area contributed by atoms with Crippen LogP contribution in [0.25, 0.3) is 0 Å². The van der Waals surface area contributed by atoms with Crippen LogP contribution in [0.3, 0.4) is 0 Å². The summed E-state index contributed by atoms with van der Waals surface area (Å²) < 4.78 is 0. The summed E-state index contributed by atoms with van der Waals surface area (Å²) >= 11 is 0. The van der Waals surface area contributed by atoms with Gasteiger partial charge in [-0.2, -0.15) is 0 Å². The number of nitrogens with two attached hydrogens (primary N) is 1. The Balaban J connectivity index is 1.27. The highest BCUT2D eigenvalue weighted by atomic mass is 16.3. The van der Waals surface area contributed by atoms with Gasteiger partial charge in [0.05, 0.1) is 17.6 Å². The van der Waals surface area contributed by atoms with E-state index in [9.17, 15) is 34.5 Å². The highest BCUT2D eigenvalue weighted by molar-refractivity contribution is 6.25. The van der Waals surface area contributed by atoms with Crippen LogP contribution < -0.4 is 11.1 Å². The maximum absolute atomic E-state index is 14.0. The minimum absolute atomic E-state index is 0.0204. The van der Waals surface area contributed by atoms with E-state index in [1.807, 2.05) is 18.2 Å². The van der Waals surface area contributed by atoms with Gasteiger partial charge in [-0.15, -0.1) is 0 Å². The number of aliphatic hydroxyl groups excluding tert-OH is 1. The monoisotopic (exact) mass is 604 g/mol. The van der Waals surface area contributed by atoms with Crippen molar-refractivity contribution in [1.82, 2.24) is 9.80 Å². The molecule has 6 N–H and O–H groups in total. The number of primary amides is 1. The predicted octanol–water partition coefficient (Wildman–Crippen LogP) is 0.735. The van der Waals surface area contributed by atoms with Gasteiger partial charge >= 0.3 is 0 Å². The Morgan fingerprint density at radius 1 is 1.07 bits per heavy atom. The zero-order chi connectivity index (χ0) is 31.5. The number of aromatic hydroxyl groups is 1. The number of rotatable bonds is 6. The van der Waals surface area contributed by atoms with Gasteiger partial charge < -0.3 is 31.3 Å². The number of carbonyl (C=O) groups excluding carboxylic acids is 4. The van der Waals surface area contributed by atoms with Crippen LogP contribution in [0.2, 0.25) is 0 Å². The molecule has 2 saturated carbocycles. The van der Waals surface area contributed by atoms with Crippen molar-refractivity contribution in [2.45, 2.75) is 56.0 Å². The molecule has 234 valence electrons. The molecule has 3 unspecified atom stereocenters. The summed E-state index contributed by atoms with van der Waals surface area (Å²) in [5.41, 5.74) is 5.40. The maximum Gasteiger partial charge on any atom is 0.230 e. The smallest absolute Gasteiger partial charge is 0.230 e. The molecule has 11 nitrogen and oxygen atoms in total. The second kappa shape index (κ2) is 11.4. The number of fused-ring (bicyclic) bond motifs is 3. The number of carbonyl (C=O) groups is 4. The average molecular weight is 605 g/mol. The van der Waals surface area contributed by atoms with Gasteiger partial charge in [0.1, 0.15) is 11.7 Å². The van der Waals surface area contributed by atoms with Gasteiger partial charge in [-0.3, -0.25) is 24.1 Å². The standard InChI is InChI=1S/C33H40N4O7/c1-36(2)27-21-15-18-14-20-22(35-19-10-12-37(13-11-19)16-17-6-4-3-5-7-17)8-9-23(38)25(20)28(39)24(18)30(41)33(21,44)31(42)26(29(27)40)32(34)43/h3-9,18-19,21,24,26-27,29,35,38,40,44H,10-16H2,1-2H3,(H2,34,43)/t18-,21-,24?,26?,27-,29?,33-/m1/s1. The summed E-state index contributed by atoms with van der Waals surface area (Å²) in [5, 5.41) is 37.2. The Hall–Kier alpha value is -3.64. The van der Waals surface area contributed by atoms with Crippen LogP contribution in [0.15, 0.2) is 42.5 Å². The molecule has 4 aliphatic rings. The van der Waals surface area contributed by atoms with Crippen molar-refractivity contribution in [3.8, 4) is 5.75 Å². The normalized spacial score (nSPS) is 32.6. The lowest BCUT2D eigenvalue weighted by atomic mass is 9.52. The van der Waals surface area contributed by atoms with Crippen LogP contribution in [0.5, 0.6) is 5.75 Å². The quantitative estimate of drug-likeness (QED) is 0.234. The van der Waals surface area contributed by atoms with Crippen molar-refractivity contribution in [3.05, 3.63) is 59.2 Å². The number of piperidine rings is 1. The number of benzene rings is 2. The van der Waals surface area contributed by atoms with Crippen molar-refractivity contribution < 1.29 is 34.5 Å². The number of likely N-dealkylation sites (tertiary alicyclic amines) is 1. The maximum atomic E-state index is 14.0. The SMILES string of the molecule is CN(C)[C@H]1C(O)C(C(N)=O)C(=O)[C@]2(O)C(=O)C3C(=O)c4c(O)ccc(NC5CCN(Cc6ccccc6)CC5)c4C[C@@H]3C[C@H]12. The number of nitrogens with zero attached hydrogens (tertiary/aromatic N) is 2. The van der Waals surface area contributed by atoms with Crippen molar-refractivity contribution >= 4 is 28.9 Å². The number of aliphatic hydroxyl groups is 2. The Kier molecular flexibility index (Phi) is 7.86. The summed E-state index contributed by atoms with van der Waals surface area (Å²) in [7, 11) is 3.26. The van der Waals surface area contributed by atoms with E-state index in [2.05, 4.69) is 22.3 Å². The van der Waals surface area contributed by atoms with E-state index in [-0.39, 0.29) is 30.2 Å².